The van der Waals surface area contributed by atoms with Gasteiger partial charge in [0.25, 0.3) is 0 Å². The van der Waals surface area contributed by atoms with Crippen LogP contribution in [-0.2, 0) is 10.2 Å². The zero-order valence-electron chi connectivity index (χ0n) is 13.2. The Balaban J connectivity index is 1.85. The average molecular weight is 373 g/mol. The molecule has 1 amide bonds. The SMILES string of the molecule is Cc1nc2cc(NC(=O)C(C)(C)c3ccc(Br)cc3)ccc2o1. The number of nitrogens with zero attached hydrogens (tertiary/aromatic N) is 1. The number of carbonyl (C=O) groups is 1. The maximum Gasteiger partial charge on any atom is 0.234 e. The zero-order chi connectivity index (χ0) is 16.6. The molecule has 0 fully saturated rings. The van der Waals surface area contributed by atoms with Gasteiger partial charge in [-0.05, 0) is 49.7 Å². The van der Waals surface area contributed by atoms with E-state index in [1.54, 1.807) is 6.92 Å². The van der Waals surface area contributed by atoms with Crippen LogP contribution in [0.4, 0.5) is 5.69 Å². The number of benzene rings is 2. The second-order valence-corrected chi connectivity index (χ2v) is 6.92. The van der Waals surface area contributed by atoms with Crippen molar-refractivity contribution in [1.29, 1.82) is 0 Å². The number of halogens is 1. The molecule has 118 valence electrons. The van der Waals surface area contributed by atoms with Gasteiger partial charge < -0.3 is 9.73 Å². The molecule has 1 heterocycles. The number of hydrogen-bond acceptors (Lipinski definition) is 3. The summed E-state index contributed by atoms with van der Waals surface area (Å²) in [6.45, 7) is 5.61. The van der Waals surface area contributed by atoms with E-state index in [4.69, 9.17) is 4.42 Å². The predicted molar refractivity (Wildman–Crippen MR) is 94.5 cm³/mol. The van der Waals surface area contributed by atoms with Crippen molar-refractivity contribution in [3.8, 4) is 0 Å². The summed E-state index contributed by atoms with van der Waals surface area (Å²) in [7, 11) is 0. The first-order chi connectivity index (χ1) is 10.9. The Morgan fingerprint density at radius 1 is 1.17 bits per heavy atom. The van der Waals surface area contributed by atoms with E-state index in [-0.39, 0.29) is 5.91 Å². The summed E-state index contributed by atoms with van der Waals surface area (Å²) < 4.78 is 6.44. The van der Waals surface area contributed by atoms with Crippen LogP contribution in [0.2, 0.25) is 0 Å². The van der Waals surface area contributed by atoms with Crippen LogP contribution >= 0.6 is 15.9 Å². The lowest BCUT2D eigenvalue weighted by molar-refractivity contribution is -0.120. The van der Waals surface area contributed by atoms with Gasteiger partial charge in [0.15, 0.2) is 11.5 Å². The lowest BCUT2D eigenvalue weighted by Crippen LogP contribution is -2.34. The van der Waals surface area contributed by atoms with Crippen LogP contribution in [0.3, 0.4) is 0 Å². The molecule has 0 saturated heterocycles. The largest absolute Gasteiger partial charge is 0.441 e. The van der Waals surface area contributed by atoms with Crippen molar-refractivity contribution in [3.63, 3.8) is 0 Å². The second-order valence-electron chi connectivity index (χ2n) is 6.00. The lowest BCUT2D eigenvalue weighted by Gasteiger charge is -2.24. The third-order valence-electron chi connectivity index (χ3n) is 3.89. The minimum atomic E-state index is -0.643. The highest BCUT2D eigenvalue weighted by Crippen LogP contribution is 2.27. The zero-order valence-corrected chi connectivity index (χ0v) is 14.8. The topological polar surface area (TPSA) is 55.1 Å². The Labute approximate surface area is 143 Å². The van der Waals surface area contributed by atoms with E-state index >= 15 is 0 Å². The van der Waals surface area contributed by atoms with Crippen molar-refractivity contribution >= 4 is 38.6 Å². The molecule has 2 aromatic carbocycles. The second kappa shape index (κ2) is 5.81. The normalized spacial score (nSPS) is 11.7. The van der Waals surface area contributed by atoms with E-state index < -0.39 is 5.41 Å². The van der Waals surface area contributed by atoms with E-state index in [0.29, 0.717) is 17.2 Å². The first kappa shape index (κ1) is 15.7. The number of amides is 1. The van der Waals surface area contributed by atoms with Gasteiger partial charge in [0, 0.05) is 17.1 Å². The summed E-state index contributed by atoms with van der Waals surface area (Å²) in [5.41, 5.74) is 2.47. The highest BCUT2D eigenvalue weighted by Gasteiger charge is 2.29. The molecule has 0 aliphatic rings. The quantitative estimate of drug-likeness (QED) is 0.717. The summed E-state index contributed by atoms with van der Waals surface area (Å²) >= 11 is 3.41. The van der Waals surface area contributed by atoms with Gasteiger partial charge >= 0.3 is 0 Å². The molecule has 0 spiro atoms. The van der Waals surface area contributed by atoms with Crippen LogP contribution < -0.4 is 5.32 Å². The number of carbonyl (C=O) groups excluding carboxylic acids is 1. The van der Waals surface area contributed by atoms with Crippen molar-refractivity contribution in [2.75, 3.05) is 5.32 Å². The number of aromatic nitrogens is 1. The molecular weight excluding hydrogens is 356 g/mol. The van der Waals surface area contributed by atoms with Crippen molar-refractivity contribution in [2.45, 2.75) is 26.2 Å². The number of fused-ring (bicyclic) bond motifs is 1. The molecule has 0 aliphatic heterocycles. The van der Waals surface area contributed by atoms with E-state index in [1.165, 1.54) is 0 Å². The standard InChI is InChI=1S/C18H17BrN2O2/c1-11-20-15-10-14(8-9-16(15)23-11)21-17(22)18(2,3)12-4-6-13(19)7-5-12/h4-10H,1-3H3,(H,21,22). The van der Waals surface area contributed by atoms with Gasteiger partial charge in [-0.3, -0.25) is 4.79 Å². The molecule has 0 saturated carbocycles. The van der Waals surface area contributed by atoms with Gasteiger partial charge in [-0.2, -0.15) is 0 Å². The molecule has 0 aliphatic carbocycles. The molecule has 1 N–H and O–H groups in total. The fourth-order valence-electron chi connectivity index (χ4n) is 2.41. The fraction of sp³-hybridized carbons (Fsp3) is 0.222. The highest BCUT2D eigenvalue weighted by molar-refractivity contribution is 9.10. The number of nitrogens with one attached hydrogen (secondary N) is 1. The van der Waals surface area contributed by atoms with Crippen molar-refractivity contribution < 1.29 is 9.21 Å². The Morgan fingerprint density at radius 3 is 2.57 bits per heavy atom. The van der Waals surface area contributed by atoms with Gasteiger partial charge in [-0.15, -0.1) is 0 Å². The van der Waals surface area contributed by atoms with E-state index in [9.17, 15) is 4.79 Å². The molecule has 4 nitrogen and oxygen atoms in total. The monoisotopic (exact) mass is 372 g/mol. The Morgan fingerprint density at radius 2 is 1.87 bits per heavy atom. The molecule has 23 heavy (non-hydrogen) atoms. The molecule has 0 atom stereocenters. The molecule has 1 aromatic heterocycles. The number of aryl methyl sites for hydroxylation is 1. The maximum atomic E-state index is 12.7. The van der Waals surface area contributed by atoms with Crippen LogP contribution in [-0.4, -0.2) is 10.9 Å². The molecule has 5 heteroatoms. The van der Waals surface area contributed by atoms with Crippen molar-refractivity contribution in [1.82, 2.24) is 4.98 Å². The molecule has 0 unspecified atom stereocenters. The third-order valence-corrected chi connectivity index (χ3v) is 4.41. The molecule has 3 rings (SSSR count). The minimum absolute atomic E-state index is 0.0700. The first-order valence-corrected chi connectivity index (χ1v) is 8.10. The van der Waals surface area contributed by atoms with Crippen molar-refractivity contribution in [2.24, 2.45) is 0 Å². The smallest absolute Gasteiger partial charge is 0.234 e. The van der Waals surface area contributed by atoms with E-state index in [2.05, 4.69) is 26.2 Å². The van der Waals surface area contributed by atoms with E-state index in [1.807, 2.05) is 56.3 Å². The number of rotatable bonds is 3. The number of oxazole rings is 1. The molecular formula is C18H17BrN2O2. The Hall–Kier alpha value is -2.14. The van der Waals surface area contributed by atoms with Crippen LogP contribution in [0, 0.1) is 6.92 Å². The fourth-order valence-corrected chi connectivity index (χ4v) is 2.67. The summed E-state index contributed by atoms with van der Waals surface area (Å²) in [4.78, 5) is 17.0. The van der Waals surface area contributed by atoms with Gasteiger partial charge in [-0.1, -0.05) is 28.1 Å². The first-order valence-electron chi connectivity index (χ1n) is 7.31. The summed E-state index contributed by atoms with van der Waals surface area (Å²) in [5.74, 6) is 0.540. The summed E-state index contributed by atoms with van der Waals surface area (Å²) in [6.07, 6.45) is 0. The average Bonchev–Trinajstić information content (AvgIpc) is 2.87. The van der Waals surface area contributed by atoms with Crippen molar-refractivity contribution in [3.05, 3.63) is 58.4 Å². The maximum absolute atomic E-state index is 12.7. The third kappa shape index (κ3) is 3.15. The van der Waals surface area contributed by atoms with Crippen LogP contribution in [0.5, 0.6) is 0 Å². The Bertz CT molecular complexity index is 866. The molecule has 3 aromatic rings. The van der Waals surface area contributed by atoms with Gasteiger partial charge in [-0.25, -0.2) is 4.98 Å². The highest BCUT2D eigenvalue weighted by atomic mass is 79.9. The van der Waals surface area contributed by atoms with Crippen LogP contribution in [0.25, 0.3) is 11.1 Å². The minimum Gasteiger partial charge on any atom is -0.441 e. The van der Waals surface area contributed by atoms with E-state index in [0.717, 1.165) is 15.6 Å². The Kier molecular flexibility index (Phi) is 3.98. The predicted octanol–water partition coefficient (Wildman–Crippen LogP) is 4.82. The lowest BCUT2D eigenvalue weighted by atomic mass is 9.83. The molecule has 0 radical (unpaired) electrons. The van der Waals surface area contributed by atoms with Gasteiger partial charge in [0.05, 0.1) is 5.41 Å². The summed E-state index contributed by atoms with van der Waals surface area (Å²) in [5, 5.41) is 2.96. The van der Waals surface area contributed by atoms with Gasteiger partial charge in [0.2, 0.25) is 5.91 Å². The number of anilines is 1. The summed E-state index contributed by atoms with van der Waals surface area (Å²) in [6, 6.07) is 13.2. The van der Waals surface area contributed by atoms with Crippen LogP contribution in [0.15, 0.2) is 51.4 Å². The van der Waals surface area contributed by atoms with Crippen LogP contribution in [0.1, 0.15) is 25.3 Å². The molecule has 0 bridgehead atoms. The number of hydrogen-bond donors (Lipinski definition) is 1. The van der Waals surface area contributed by atoms with Gasteiger partial charge in [0.1, 0.15) is 5.52 Å².